The van der Waals surface area contributed by atoms with Gasteiger partial charge in [-0.15, -0.1) is 0 Å². The molecule has 0 aromatic heterocycles. The van der Waals surface area contributed by atoms with E-state index in [1.807, 2.05) is 54.6 Å². The van der Waals surface area contributed by atoms with Crippen LogP contribution in [0, 0.1) is 11.7 Å². The van der Waals surface area contributed by atoms with E-state index in [-0.39, 0.29) is 30.3 Å². The number of halogens is 2. The lowest BCUT2D eigenvalue weighted by molar-refractivity contribution is -0.116. The van der Waals surface area contributed by atoms with Crippen LogP contribution < -0.4 is 10.1 Å². The molecule has 0 heterocycles. The van der Waals surface area contributed by atoms with Crippen molar-refractivity contribution in [1.82, 2.24) is 0 Å². The van der Waals surface area contributed by atoms with Gasteiger partial charge in [0, 0.05) is 24.4 Å². The maximum Gasteiger partial charge on any atom is 0.158 e. The number of carbonyl (C=O) groups excluding carboxylic acids is 2. The molecule has 0 unspecified atom stereocenters. The van der Waals surface area contributed by atoms with E-state index in [2.05, 4.69) is 5.32 Å². The summed E-state index contributed by atoms with van der Waals surface area (Å²) in [6, 6.07) is 22.8. The Morgan fingerprint density at radius 2 is 1.65 bits per heavy atom. The van der Waals surface area contributed by atoms with E-state index in [0.717, 1.165) is 17.4 Å². The van der Waals surface area contributed by atoms with Crippen molar-refractivity contribution in [2.24, 2.45) is 5.92 Å². The molecule has 0 saturated heterocycles. The van der Waals surface area contributed by atoms with Crippen molar-refractivity contribution in [3.05, 3.63) is 119 Å². The second-order valence-electron chi connectivity index (χ2n) is 9.04. The van der Waals surface area contributed by atoms with Gasteiger partial charge in [0.2, 0.25) is 0 Å². The molecular formula is C31H29F2NO3. The lowest BCUT2D eigenvalue weighted by Gasteiger charge is -2.26. The highest BCUT2D eigenvalue weighted by Crippen LogP contribution is 2.31. The summed E-state index contributed by atoms with van der Waals surface area (Å²) in [5.74, 6) is -0.509. The van der Waals surface area contributed by atoms with Crippen LogP contribution in [0.5, 0.6) is 5.75 Å². The summed E-state index contributed by atoms with van der Waals surface area (Å²) in [6.45, 7) is 0.436. The van der Waals surface area contributed by atoms with E-state index >= 15 is 0 Å². The summed E-state index contributed by atoms with van der Waals surface area (Å²) in [7, 11) is 0. The maximum atomic E-state index is 13.5. The molecule has 6 heteroatoms. The molecule has 1 aliphatic carbocycles. The molecule has 0 bridgehead atoms. The Bertz CT molecular complexity index is 1250. The third kappa shape index (κ3) is 7.46. The first-order valence-electron chi connectivity index (χ1n) is 12.3. The lowest BCUT2D eigenvalue weighted by atomic mass is 9.87. The molecule has 1 aliphatic rings. The van der Waals surface area contributed by atoms with Crippen LogP contribution in [0.15, 0.2) is 102 Å². The summed E-state index contributed by atoms with van der Waals surface area (Å²) in [6.07, 6.45) is 4.79. The second-order valence-corrected chi connectivity index (χ2v) is 9.04. The smallest absolute Gasteiger partial charge is 0.158 e. The number of ketones is 1. The number of benzene rings is 3. The zero-order valence-corrected chi connectivity index (χ0v) is 20.4. The Kier molecular flexibility index (Phi) is 8.98. The van der Waals surface area contributed by atoms with E-state index in [4.69, 9.17) is 4.74 Å². The number of rotatable bonds is 12. The predicted molar refractivity (Wildman–Crippen MR) is 140 cm³/mol. The van der Waals surface area contributed by atoms with E-state index in [9.17, 15) is 18.4 Å². The first-order valence-corrected chi connectivity index (χ1v) is 12.3. The fourth-order valence-corrected chi connectivity index (χ4v) is 4.29. The Morgan fingerprint density at radius 3 is 2.30 bits per heavy atom. The molecule has 0 amide bonds. The van der Waals surface area contributed by atoms with Crippen molar-refractivity contribution in [1.29, 1.82) is 0 Å². The second kappa shape index (κ2) is 12.8. The molecule has 3 aromatic carbocycles. The van der Waals surface area contributed by atoms with Crippen LogP contribution in [0.25, 0.3) is 0 Å². The van der Waals surface area contributed by atoms with Crippen molar-refractivity contribution in [2.75, 3.05) is 5.32 Å². The first-order chi connectivity index (χ1) is 18.0. The molecule has 0 spiro atoms. The van der Waals surface area contributed by atoms with Crippen LogP contribution >= 0.6 is 0 Å². The van der Waals surface area contributed by atoms with Crippen LogP contribution in [-0.2, 0) is 16.2 Å². The number of ether oxygens (including phenoxy) is 1. The molecule has 0 saturated carbocycles. The number of allylic oxidation sites excluding steroid dienone is 4. The third-order valence-electron chi connectivity index (χ3n) is 6.42. The topological polar surface area (TPSA) is 55.4 Å². The minimum absolute atomic E-state index is 0.0826. The summed E-state index contributed by atoms with van der Waals surface area (Å²) in [5.41, 5.74) is 3.13. The zero-order valence-electron chi connectivity index (χ0n) is 20.4. The molecule has 2 atom stereocenters. The van der Waals surface area contributed by atoms with Gasteiger partial charge < -0.3 is 14.8 Å². The minimum atomic E-state index is -0.526. The van der Waals surface area contributed by atoms with Crippen molar-refractivity contribution < 1.29 is 23.1 Å². The third-order valence-corrected chi connectivity index (χ3v) is 6.42. The van der Waals surface area contributed by atoms with Crippen LogP contribution in [0.3, 0.4) is 0 Å². The van der Waals surface area contributed by atoms with Crippen molar-refractivity contribution in [2.45, 2.75) is 38.3 Å². The summed E-state index contributed by atoms with van der Waals surface area (Å²) < 4.78 is 32.6. The molecule has 0 aliphatic heterocycles. The van der Waals surface area contributed by atoms with Gasteiger partial charge in [-0.1, -0.05) is 48.5 Å². The summed E-state index contributed by atoms with van der Waals surface area (Å²) in [5, 5.41) is 3.34. The predicted octanol–water partition coefficient (Wildman–Crippen LogP) is 7.30. The molecule has 0 radical (unpaired) electrons. The molecular weight excluding hydrogens is 472 g/mol. The van der Waals surface area contributed by atoms with E-state index in [0.29, 0.717) is 36.5 Å². The lowest BCUT2D eigenvalue weighted by Crippen LogP contribution is -2.23. The van der Waals surface area contributed by atoms with Gasteiger partial charge in [0.15, 0.2) is 5.78 Å². The average Bonchev–Trinajstić information content (AvgIpc) is 2.94. The molecule has 1 N–H and O–H groups in total. The molecule has 190 valence electrons. The van der Waals surface area contributed by atoms with E-state index in [1.165, 1.54) is 24.3 Å². The van der Waals surface area contributed by atoms with Crippen molar-refractivity contribution >= 4 is 17.8 Å². The summed E-state index contributed by atoms with van der Waals surface area (Å²) >= 11 is 0. The standard InChI is InChI=1S/C31H29F2NO3/c32-26-11-6-23(7-12-26)30(36)19-10-25(20-35)31(34-28-15-13-27(33)14-16-28)24-8-17-29(18-9-24)37-21-22-4-2-1-3-5-22/h1-6,8-9,11,13-18,20,25,31,34H,7,10,12,19,21H2/t25-,31+/m0/s1. The SMILES string of the molecule is O=C[C@H](CCC(=O)C1=CC=C(F)CC1)[C@H](Nc1ccc(F)cc1)c1ccc(OCc2ccccc2)cc1. The van der Waals surface area contributed by atoms with Crippen molar-refractivity contribution in [3.8, 4) is 5.75 Å². The first kappa shape index (κ1) is 26.0. The molecule has 0 fully saturated rings. The van der Waals surface area contributed by atoms with Crippen LogP contribution in [0.4, 0.5) is 14.5 Å². The zero-order chi connectivity index (χ0) is 26.0. The highest BCUT2D eigenvalue weighted by Gasteiger charge is 2.25. The number of nitrogens with one attached hydrogen (secondary N) is 1. The van der Waals surface area contributed by atoms with E-state index in [1.54, 1.807) is 12.1 Å². The van der Waals surface area contributed by atoms with Crippen LogP contribution in [0.2, 0.25) is 0 Å². The van der Waals surface area contributed by atoms with Gasteiger partial charge in [0.25, 0.3) is 0 Å². The van der Waals surface area contributed by atoms with E-state index < -0.39 is 12.0 Å². The van der Waals surface area contributed by atoms with Gasteiger partial charge in [0.05, 0.1) is 6.04 Å². The highest BCUT2D eigenvalue weighted by atomic mass is 19.1. The Balaban J connectivity index is 1.49. The Labute approximate surface area is 215 Å². The monoisotopic (exact) mass is 501 g/mol. The Hall–Kier alpha value is -4.06. The normalized spacial score (nSPS) is 14.6. The van der Waals surface area contributed by atoms with Gasteiger partial charge in [0.1, 0.15) is 30.3 Å². The number of carbonyl (C=O) groups is 2. The van der Waals surface area contributed by atoms with Gasteiger partial charge >= 0.3 is 0 Å². The maximum absolute atomic E-state index is 13.5. The van der Waals surface area contributed by atoms with Gasteiger partial charge in [-0.05, 0) is 72.0 Å². The molecule has 4 nitrogen and oxygen atoms in total. The van der Waals surface area contributed by atoms with Gasteiger partial charge in [-0.2, -0.15) is 0 Å². The van der Waals surface area contributed by atoms with Gasteiger partial charge in [-0.3, -0.25) is 4.79 Å². The van der Waals surface area contributed by atoms with Gasteiger partial charge in [-0.25, -0.2) is 8.78 Å². The highest BCUT2D eigenvalue weighted by molar-refractivity contribution is 5.96. The number of anilines is 1. The number of Topliss-reactive ketones (excluding diaryl/α,β-unsaturated/α-hetero) is 1. The minimum Gasteiger partial charge on any atom is -0.489 e. The fourth-order valence-electron chi connectivity index (χ4n) is 4.29. The number of aldehydes is 1. The Morgan fingerprint density at radius 1 is 0.919 bits per heavy atom. The number of hydrogen-bond donors (Lipinski definition) is 1. The number of hydrogen-bond acceptors (Lipinski definition) is 4. The molecule has 3 aromatic rings. The van der Waals surface area contributed by atoms with Crippen molar-refractivity contribution in [3.63, 3.8) is 0 Å². The van der Waals surface area contributed by atoms with Crippen LogP contribution in [0.1, 0.15) is 42.9 Å². The van der Waals surface area contributed by atoms with Crippen LogP contribution in [-0.4, -0.2) is 12.1 Å². The summed E-state index contributed by atoms with van der Waals surface area (Å²) in [4.78, 5) is 24.9. The largest absolute Gasteiger partial charge is 0.489 e. The fraction of sp³-hybridized carbons (Fsp3) is 0.226. The quantitative estimate of drug-likeness (QED) is 0.265. The molecule has 37 heavy (non-hydrogen) atoms. The molecule has 4 rings (SSSR count). The average molecular weight is 502 g/mol.